The van der Waals surface area contributed by atoms with Gasteiger partial charge in [-0.2, -0.15) is 0 Å². The Morgan fingerprint density at radius 2 is 2.14 bits per heavy atom. The molecule has 0 unspecified atom stereocenters. The largest absolute Gasteiger partial charge is 0.443 e. The molecule has 0 spiro atoms. The van der Waals surface area contributed by atoms with E-state index in [0.29, 0.717) is 17.0 Å². The van der Waals surface area contributed by atoms with Gasteiger partial charge >= 0.3 is 0 Å². The van der Waals surface area contributed by atoms with E-state index in [9.17, 15) is 4.39 Å². The zero-order valence-electron chi connectivity index (χ0n) is 7.21. The minimum atomic E-state index is -0.337. The quantitative estimate of drug-likeness (QED) is 0.713. The number of alkyl halides is 1. The molecule has 2 aromatic rings. The number of halogens is 2. The van der Waals surface area contributed by atoms with E-state index in [-0.39, 0.29) is 11.7 Å². The average Bonchev–Trinajstić information content (AvgIpc) is 2.66. The summed E-state index contributed by atoms with van der Waals surface area (Å²) >= 11 is 5.63. The Balaban J connectivity index is 2.54. The number of hydrogen-bond acceptors (Lipinski definition) is 2. The van der Waals surface area contributed by atoms with Crippen LogP contribution in [-0.2, 0) is 5.88 Å². The van der Waals surface area contributed by atoms with Crippen LogP contribution in [0.3, 0.4) is 0 Å². The SMILES string of the molecule is Fc1ccccc1-c1ocnc1CCl. The molecule has 0 saturated carbocycles. The molecular formula is C10H7ClFNO. The van der Waals surface area contributed by atoms with Crippen molar-refractivity contribution < 1.29 is 8.81 Å². The van der Waals surface area contributed by atoms with Crippen LogP contribution in [0.5, 0.6) is 0 Å². The van der Waals surface area contributed by atoms with Crippen molar-refractivity contribution in [2.24, 2.45) is 0 Å². The van der Waals surface area contributed by atoms with Crippen LogP contribution in [0.25, 0.3) is 11.3 Å². The molecule has 0 aliphatic carbocycles. The molecule has 1 aromatic carbocycles. The molecule has 1 aromatic heterocycles. The molecule has 72 valence electrons. The molecule has 0 fully saturated rings. The highest BCUT2D eigenvalue weighted by Crippen LogP contribution is 2.26. The van der Waals surface area contributed by atoms with Crippen molar-refractivity contribution in [2.45, 2.75) is 5.88 Å². The summed E-state index contributed by atoms with van der Waals surface area (Å²) < 4.78 is 18.4. The first-order valence-electron chi connectivity index (χ1n) is 4.06. The second-order valence-electron chi connectivity index (χ2n) is 2.74. The number of rotatable bonds is 2. The van der Waals surface area contributed by atoms with Gasteiger partial charge in [0.05, 0.1) is 11.4 Å². The van der Waals surface area contributed by atoms with Gasteiger partial charge in [0.15, 0.2) is 12.2 Å². The average molecular weight is 212 g/mol. The molecule has 0 aliphatic heterocycles. The van der Waals surface area contributed by atoms with Crippen molar-refractivity contribution in [1.29, 1.82) is 0 Å². The summed E-state index contributed by atoms with van der Waals surface area (Å²) in [5.74, 6) is 0.272. The Kier molecular flexibility index (Phi) is 2.50. The third-order valence-electron chi connectivity index (χ3n) is 1.89. The van der Waals surface area contributed by atoms with E-state index in [0.717, 1.165) is 0 Å². The lowest BCUT2D eigenvalue weighted by molar-refractivity contribution is 0.560. The van der Waals surface area contributed by atoms with Crippen molar-refractivity contribution >= 4 is 11.6 Å². The highest BCUT2D eigenvalue weighted by molar-refractivity contribution is 6.17. The standard InChI is InChI=1S/C10H7ClFNO/c11-5-9-10(14-6-13-9)7-3-1-2-4-8(7)12/h1-4,6H,5H2. The van der Waals surface area contributed by atoms with Gasteiger partial charge in [-0.1, -0.05) is 12.1 Å². The van der Waals surface area contributed by atoms with E-state index in [1.807, 2.05) is 0 Å². The maximum atomic E-state index is 13.3. The Labute approximate surface area is 85.3 Å². The fourth-order valence-corrected chi connectivity index (χ4v) is 1.42. The van der Waals surface area contributed by atoms with Crippen molar-refractivity contribution in [3.8, 4) is 11.3 Å². The Hall–Kier alpha value is -1.35. The van der Waals surface area contributed by atoms with Gasteiger partial charge in [0.1, 0.15) is 11.5 Å². The zero-order chi connectivity index (χ0) is 9.97. The van der Waals surface area contributed by atoms with Gasteiger partial charge in [0.25, 0.3) is 0 Å². The summed E-state index contributed by atoms with van der Waals surface area (Å²) in [7, 11) is 0. The first kappa shape index (κ1) is 9.21. The number of hydrogen-bond donors (Lipinski definition) is 0. The molecule has 0 aliphatic rings. The van der Waals surface area contributed by atoms with Gasteiger partial charge in [0.2, 0.25) is 0 Å². The molecule has 1 heterocycles. The third kappa shape index (κ3) is 1.51. The highest BCUT2D eigenvalue weighted by Gasteiger charge is 2.12. The predicted molar refractivity (Wildman–Crippen MR) is 51.5 cm³/mol. The van der Waals surface area contributed by atoms with E-state index < -0.39 is 0 Å². The van der Waals surface area contributed by atoms with E-state index in [1.54, 1.807) is 18.2 Å². The van der Waals surface area contributed by atoms with Crippen LogP contribution in [0.4, 0.5) is 4.39 Å². The monoisotopic (exact) mass is 211 g/mol. The van der Waals surface area contributed by atoms with Gasteiger partial charge < -0.3 is 4.42 Å². The molecule has 0 amide bonds. The summed E-state index contributed by atoms with van der Waals surface area (Å²) in [4.78, 5) is 3.89. The van der Waals surface area contributed by atoms with Crippen LogP contribution in [0.2, 0.25) is 0 Å². The van der Waals surface area contributed by atoms with E-state index in [1.165, 1.54) is 12.5 Å². The van der Waals surface area contributed by atoms with Crippen molar-refractivity contribution in [2.75, 3.05) is 0 Å². The zero-order valence-corrected chi connectivity index (χ0v) is 7.96. The molecule has 0 bridgehead atoms. The Morgan fingerprint density at radius 3 is 2.86 bits per heavy atom. The molecular weight excluding hydrogens is 205 g/mol. The maximum absolute atomic E-state index is 13.3. The first-order valence-corrected chi connectivity index (χ1v) is 4.59. The Morgan fingerprint density at radius 1 is 1.36 bits per heavy atom. The van der Waals surface area contributed by atoms with Crippen LogP contribution in [0, 0.1) is 5.82 Å². The van der Waals surface area contributed by atoms with Crippen LogP contribution < -0.4 is 0 Å². The fraction of sp³-hybridized carbons (Fsp3) is 0.100. The molecule has 0 radical (unpaired) electrons. The summed E-state index contributed by atoms with van der Waals surface area (Å²) in [6.45, 7) is 0. The van der Waals surface area contributed by atoms with Gasteiger partial charge in [-0.15, -0.1) is 11.6 Å². The molecule has 2 nitrogen and oxygen atoms in total. The summed E-state index contributed by atoms with van der Waals surface area (Å²) in [6.07, 6.45) is 1.26. The van der Waals surface area contributed by atoms with Crippen molar-refractivity contribution in [3.05, 3.63) is 42.2 Å². The number of benzene rings is 1. The lowest BCUT2D eigenvalue weighted by atomic mass is 10.1. The minimum absolute atomic E-state index is 0.208. The lowest BCUT2D eigenvalue weighted by Crippen LogP contribution is -1.86. The summed E-state index contributed by atoms with van der Waals surface area (Å²) in [5.41, 5.74) is 0.942. The molecule has 2 rings (SSSR count). The molecule has 0 N–H and O–H groups in total. The second-order valence-corrected chi connectivity index (χ2v) is 3.01. The van der Waals surface area contributed by atoms with Crippen molar-refractivity contribution in [1.82, 2.24) is 4.98 Å². The van der Waals surface area contributed by atoms with Crippen LogP contribution in [0.15, 0.2) is 35.1 Å². The summed E-state index contributed by atoms with van der Waals surface area (Å²) in [5, 5.41) is 0. The predicted octanol–water partition coefficient (Wildman–Crippen LogP) is 3.22. The smallest absolute Gasteiger partial charge is 0.181 e. The fourth-order valence-electron chi connectivity index (χ4n) is 1.23. The molecule has 0 atom stereocenters. The van der Waals surface area contributed by atoms with Crippen molar-refractivity contribution in [3.63, 3.8) is 0 Å². The second kappa shape index (κ2) is 3.80. The molecule has 14 heavy (non-hydrogen) atoms. The lowest BCUT2D eigenvalue weighted by Gasteiger charge is -1.99. The highest BCUT2D eigenvalue weighted by atomic mass is 35.5. The topological polar surface area (TPSA) is 26.0 Å². The minimum Gasteiger partial charge on any atom is -0.443 e. The van der Waals surface area contributed by atoms with E-state index in [2.05, 4.69) is 4.98 Å². The molecule has 4 heteroatoms. The van der Waals surface area contributed by atoms with Gasteiger partial charge in [0, 0.05) is 0 Å². The van der Waals surface area contributed by atoms with E-state index in [4.69, 9.17) is 16.0 Å². The molecule has 0 saturated heterocycles. The van der Waals surface area contributed by atoms with Crippen LogP contribution in [0.1, 0.15) is 5.69 Å². The normalized spacial score (nSPS) is 10.4. The number of oxazole rings is 1. The Bertz CT molecular complexity index is 441. The third-order valence-corrected chi connectivity index (χ3v) is 2.14. The van der Waals surface area contributed by atoms with Gasteiger partial charge in [-0.25, -0.2) is 9.37 Å². The van der Waals surface area contributed by atoms with E-state index >= 15 is 0 Å². The van der Waals surface area contributed by atoms with Crippen LogP contribution in [-0.4, -0.2) is 4.98 Å². The first-order chi connectivity index (χ1) is 6.83. The summed E-state index contributed by atoms with van der Waals surface area (Å²) in [6, 6.07) is 6.36. The number of aromatic nitrogens is 1. The van der Waals surface area contributed by atoms with Gasteiger partial charge in [-0.3, -0.25) is 0 Å². The van der Waals surface area contributed by atoms with Crippen LogP contribution >= 0.6 is 11.6 Å². The maximum Gasteiger partial charge on any atom is 0.181 e. The number of nitrogens with zero attached hydrogens (tertiary/aromatic N) is 1. The van der Waals surface area contributed by atoms with Gasteiger partial charge in [-0.05, 0) is 12.1 Å².